The molecular weight excluding hydrogens is 350 g/mol. The Morgan fingerprint density at radius 1 is 1.29 bits per heavy atom. The lowest BCUT2D eigenvalue weighted by Gasteiger charge is -2.05. The van der Waals surface area contributed by atoms with Gasteiger partial charge in [-0.25, -0.2) is 15.0 Å². The Kier molecular flexibility index (Phi) is 4.40. The van der Waals surface area contributed by atoms with Crippen molar-refractivity contribution in [1.82, 2.24) is 19.9 Å². The molecular formula is C14H14BrN5S. The molecule has 0 aliphatic carbocycles. The molecule has 0 unspecified atom stereocenters. The fourth-order valence-electron chi connectivity index (χ4n) is 1.81. The van der Waals surface area contributed by atoms with Gasteiger partial charge in [0.25, 0.3) is 0 Å². The first-order valence-corrected chi connectivity index (χ1v) is 8.26. The van der Waals surface area contributed by atoms with Crippen LogP contribution < -0.4 is 5.32 Å². The number of rotatable bonds is 5. The van der Waals surface area contributed by atoms with E-state index in [-0.39, 0.29) is 0 Å². The molecule has 1 aromatic carbocycles. The van der Waals surface area contributed by atoms with Gasteiger partial charge in [0.05, 0.1) is 15.5 Å². The van der Waals surface area contributed by atoms with Gasteiger partial charge >= 0.3 is 0 Å². The highest BCUT2D eigenvalue weighted by Gasteiger charge is 2.10. The van der Waals surface area contributed by atoms with E-state index in [1.807, 2.05) is 24.3 Å². The third-order valence-electron chi connectivity index (χ3n) is 2.81. The van der Waals surface area contributed by atoms with E-state index in [0.29, 0.717) is 5.95 Å². The van der Waals surface area contributed by atoms with E-state index in [9.17, 15) is 0 Å². The van der Waals surface area contributed by atoms with Crippen molar-refractivity contribution < 1.29 is 0 Å². The second kappa shape index (κ2) is 6.44. The molecule has 5 nitrogen and oxygen atoms in total. The monoisotopic (exact) mass is 363 g/mol. The zero-order valence-corrected chi connectivity index (χ0v) is 13.8. The smallest absolute Gasteiger partial charge is 0.223 e. The molecule has 0 bridgehead atoms. The minimum atomic E-state index is 0.638. The first-order valence-electron chi connectivity index (χ1n) is 6.65. The van der Waals surface area contributed by atoms with Gasteiger partial charge in [-0.1, -0.05) is 19.1 Å². The molecule has 3 aromatic rings. The maximum atomic E-state index is 4.55. The van der Waals surface area contributed by atoms with Gasteiger partial charge in [-0.15, -0.1) is 0 Å². The standard InChI is InChI=1S/C14H14BrN5S/c1-2-7-16-13-17-8-9(15)12(20-13)21-14-18-10-5-3-4-6-11(10)19-14/h3-6,8H,2,7H2,1H3,(H,18,19)(H,16,17,20). The average molecular weight is 364 g/mol. The van der Waals surface area contributed by atoms with Crippen LogP contribution in [0.3, 0.4) is 0 Å². The van der Waals surface area contributed by atoms with Gasteiger partial charge in [-0.3, -0.25) is 0 Å². The number of halogens is 1. The SMILES string of the molecule is CCCNc1ncc(Br)c(Sc2nc3ccccc3[nH]2)n1. The van der Waals surface area contributed by atoms with Crippen molar-refractivity contribution >= 4 is 44.7 Å². The molecule has 2 N–H and O–H groups in total. The number of nitrogens with one attached hydrogen (secondary N) is 2. The molecule has 0 aliphatic rings. The fraction of sp³-hybridized carbons (Fsp3) is 0.214. The summed E-state index contributed by atoms with van der Waals surface area (Å²) in [6.07, 6.45) is 2.79. The lowest BCUT2D eigenvalue weighted by Crippen LogP contribution is -2.04. The summed E-state index contributed by atoms with van der Waals surface area (Å²) < 4.78 is 0.856. The molecule has 0 saturated carbocycles. The second-order valence-corrected chi connectivity index (χ2v) is 6.27. The zero-order chi connectivity index (χ0) is 14.7. The molecule has 21 heavy (non-hydrogen) atoms. The third-order valence-corrected chi connectivity index (χ3v) is 4.54. The van der Waals surface area contributed by atoms with Crippen molar-refractivity contribution in [3.05, 3.63) is 34.9 Å². The molecule has 0 atom stereocenters. The minimum absolute atomic E-state index is 0.638. The molecule has 2 aromatic heterocycles. The summed E-state index contributed by atoms with van der Waals surface area (Å²) in [5, 5.41) is 4.84. The van der Waals surface area contributed by atoms with Crippen molar-refractivity contribution in [2.24, 2.45) is 0 Å². The Balaban J connectivity index is 1.86. The number of para-hydroxylation sites is 2. The summed E-state index contributed by atoms with van der Waals surface area (Å²) >= 11 is 4.97. The summed E-state index contributed by atoms with van der Waals surface area (Å²) in [5.41, 5.74) is 1.98. The number of imidazole rings is 1. The van der Waals surface area contributed by atoms with E-state index in [1.54, 1.807) is 6.20 Å². The molecule has 0 saturated heterocycles. The van der Waals surface area contributed by atoms with Gasteiger partial charge in [-0.05, 0) is 46.2 Å². The molecule has 0 aliphatic heterocycles. The summed E-state index contributed by atoms with van der Waals surface area (Å²) in [6.45, 7) is 2.96. The number of hydrogen-bond donors (Lipinski definition) is 2. The molecule has 0 amide bonds. The van der Waals surface area contributed by atoms with Gasteiger partial charge < -0.3 is 10.3 Å². The molecule has 108 valence electrons. The zero-order valence-electron chi connectivity index (χ0n) is 11.4. The van der Waals surface area contributed by atoms with E-state index < -0.39 is 0 Å². The van der Waals surface area contributed by atoms with Crippen molar-refractivity contribution in [1.29, 1.82) is 0 Å². The van der Waals surface area contributed by atoms with Crippen LogP contribution in [0.25, 0.3) is 11.0 Å². The maximum Gasteiger partial charge on any atom is 0.223 e. The minimum Gasteiger partial charge on any atom is -0.354 e. The van der Waals surface area contributed by atoms with Gasteiger partial charge in [0.15, 0.2) is 5.16 Å². The van der Waals surface area contributed by atoms with Crippen molar-refractivity contribution in [2.45, 2.75) is 23.5 Å². The summed E-state index contributed by atoms with van der Waals surface area (Å²) in [7, 11) is 0. The van der Waals surface area contributed by atoms with Gasteiger partial charge in [0.2, 0.25) is 5.95 Å². The Bertz CT molecular complexity index is 725. The quantitative estimate of drug-likeness (QED) is 0.668. The number of hydrogen-bond acceptors (Lipinski definition) is 5. The number of aromatic amines is 1. The van der Waals surface area contributed by atoms with Crippen LogP contribution in [0, 0.1) is 0 Å². The van der Waals surface area contributed by atoms with Crippen LogP contribution in [0.1, 0.15) is 13.3 Å². The number of anilines is 1. The summed E-state index contributed by atoms with van der Waals surface area (Å²) in [5.74, 6) is 0.638. The molecule has 3 rings (SSSR count). The Morgan fingerprint density at radius 3 is 2.95 bits per heavy atom. The molecule has 0 radical (unpaired) electrons. The predicted molar refractivity (Wildman–Crippen MR) is 88.7 cm³/mol. The molecule has 0 fully saturated rings. The molecule has 7 heteroatoms. The molecule has 2 heterocycles. The van der Waals surface area contributed by atoms with E-state index >= 15 is 0 Å². The van der Waals surface area contributed by atoms with E-state index in [4.69, 9.17) is 0 Å². The number of H-pyrrole nitrogens is 1. The lowest BCUT2D eigenvalue weighted by molar-refractivity contribution is 0.928. The van der Waals surface area contributed by atoms with Crippen molar-refractivity contribution in [3.63, 3.8) is 0 Å². The number of fused-ring (bicyclic) bond motifs is 1. The van der Waals surface area contributed by atoms with Crippen LogP contribution in [0.5, 0.6) is 0 Å². The van der Waals surface area contributed by atoms with Crippen molar-refractivity contribution in [2.75, 3.05) is 11.9 Å². The van der Waals surface area contributed by atoms with Crippen LogP contribution in [0.4, 0.5) is 5.95 Å². The van der Waals surface area contributed by atoms with Gasteiger partial charge in [-0.2, -0.15) is 0 Å². The Morgan fingerprint density at radius 2 is 2.14 bits per heavy atom. The van der Waals surface area contributed by atoms with Gasteiger partial charge in [0.1, 0.15) is 5.03 Å². The summed E-state index contributed by atoms with van der Waals surface area (Å²) in [4.78, 5) is 16.6. The van der Waals surface area contributed by atoms with Crippen LogP contribution >= 0.6 is 27.7 Å². The average Bonchev–Trinajstić information content (AvgIpc) is 2.90. The maximum absolute atomic E-state index is 4.55. The highest BCUT2D eigenvalue weighted by molar-refractivity contribution is 9.10. The molecule has 0 spiro atoms. The lowest BCUT2D eigenvalue weighted by atomic mass is 10.3. The van der Waals surface area contributed by atoms with Crippen LogP contribution in [-0.2, 0) is 0 Å². The van der Waals surface area contributed by atoms with Crippen LogP contribution in [0.15, 0.2) is 45.1 Å². The normalized spacial score (nSPS) is 11.0. The van der Waals surface area contributed by atoms with Crippen molar-refractivity contribution in [3.8, 4) is 0 Å². The largest absolute Gasteiger partial charge is 0.354 e. The fourth-order valence-corrected chi connectivity index (χ4v) is 3.02. The van der Waals surface area contributed by atoms with Gasteiger partial charge in [0, 0.05) is 12.7 Å². The van der Waals surface area contributed by atoms with Crippen LogP contribution in [-0.4, -0.2) is 26.5 Å². The van der Waals surface area contributed by atoms with E-state index in [2.05, 4.69) is 48.1 Å². The topological polar surface area (TPSA) is 66.5 Å². The Labute approximate surface area is 135 Å². The number of nitrogens with zero attached hydrogens (tertiary/aromatic N) is 3. The number of aromatic nitrogens is 4. The van der Waals surface area contributed by atoms with E-state index in [0.717, 1.165) is 38.7 Å². The number of benzene rings is 1. The third kappa shape index (κ3) is 3.36. The van der Waals surface area contributed by atoms with Crippen LogP contribution in [0.2, 0.25) is 0 Å². The first-order chi connectivity index (χ1) is 10.3. The Hall–Kier alpha value is -1.60. The highest BCUT2D eigenvalue weighted by atomic mass is 79.9. The summed E-state index contributed by atoms with van der Waals surface area (Å²) in [6, 6.07) is 7.96. The second-order valence-electron chi connectivity index (χ2n) is 4.43. The van der Waals surface area contributed by atoms with E-state index in [1.165, 1.54) is 11.8 Å². The first kappa shape index (κ1) is 14.3. The highest BCUT2D eigenvalue weighted by Crippen LogP contribution is 2.31. The predicted octanol–water partition coefficient (Wildman–Crippen LogP) is 4.09.